The zero-order valence-corrected chi connectivity index (χ0v) is 10.8. The normalized spacial score (nSPS) is 17.5. The number of aromatic nitrogens is 1. The minimum absolute atomic E-state index is 0.300. The molecule has 0 saturated carbocycles. The Kier molecular flexibility index (Phi) is 4.20. The summed E-state index contributed by atoms with van der Waals surface area (Å²) in [6.07, 6.45) is 4.14. The molecule has 0 atom stereocenters. The molecule has 2 heterocycles. The molecule has 0 radical (unpaired) electrons. The summed E-state index contributed by atoms with van der Waals surface area (Å²) in [5, 5.41) is 0.547. The molecule has 1 aromatic heterocycles. The molecule has 0 aliphatic carbocycles. The molecule has 4 nitrogen and oxygen atoms in total. The molecule has 2 N–H and O–H groups in total. The van der Waals surface area contributed by atoms with Gasteiger partial charge in [-0.15, -0.1) is 0 Å². The quantitative estimate of drug-likeness (QED) is 0.663. The number of halogens is 1. The van der Waals surface area contributed by atoms with Crippen molar-refractivity contribution >= 4 is 17.3 Å². The van der Waals surface area contributed by atoms with Gasteiger partial charge in [0.1, 0.15) is 5.15 Å². The van der Waals surface area contributed by atoms with Crippen molar-refractivity contribution in [3.63, 3.8) is 0 Å². The van der Waals surface area contributed by atoms with Crippen molar-refractivity contribution < 1.29 is 4.74 Å². The van der Waals surface area contributed by atoms with Crippen LogP contribution < -0.4 is 10.6 Å². The predicted molar refractivity (Wildman–Crippen MR) is 69.4 cm³/mol. The van der Waals surface area contributed by atoms with E-state index in [0.29, 0.717) is 18.0 Å². The number of nitrogens with two attached hydrogens (primary N) is 1. The summed E-state index contributed by atoms with van der Waals surface area (Å²) >= 11 is 5.94. The van der Waals surface area contributed by atoms with Crippen molar-refractivity contribution in [2.24, 2.45) is 5.73 Å². The van der Waals surface area contributed by atoms with E-state index in [-0.39, 0.29) is 0 Å². The van der Waals surface area contributed by atoms with Crippen LogP contribution in [0.4, 0.5) is 5.69 Å². The molecule has 0 aromatic carbocycles. The Balaban J connectivity index is 2.02. The lowest BCUT2D eigenvalue weighted by atomic mass is 10.1. The molecule has 1 saturated heterocycles. The highest BCUT2D eigenvalue weighted by Gasteiger charge is 2.20. The molecule has 1 aliphatic heterocycles. The van der Waals surface area contributed by atoms with Crippen molar-refractivity contribution in [1.82, 2.24) is 4.98 Å². The minimum Gasteiger partial charge on any atom is -0.371 e. The zero-order valence-electron chi connectivity index (χ0n) is 10.0. The van der Waals surface area contributed by atoms with E-state index in [0.717, 1.165) is 31.5 Å². The average molecular weight is 256 g/mol. The first kappa shape index (κ1) is 12.6. The van der Waals surface area contributed by atoms with Gasteiger partial charge in [-0.2, -0.15) is 0 Å². The first-order chi connectivity index (χ1) is 8.20. The van der Waals surface area contributed by atoms with Crippen LogP contribution in [0.5, 0.6) is 0 Å². The Bertz CT molecular complexity index is 378. The summed E-state index contributed by atoms with van der Waals surface area (Å²) in [6, 6.07) is 1.93. The van der Waals surface area contributed by atoms with Gasteiger partial charge in [-0.25, -0.2) is 4.98 Å². The number of aryl methyl sites for hydroxylation is 1. The monoisotopic (exact) mass is 255 g/mol. The molecule has 94 valence electrons. The fraction of sp³-hybridized carbons (Fsp3) is 0.583. The van der Waals surface area contributed by atoms with Gasteiger partial charge in [0.25, 0.3) is 0 Å². The Hall–Kier alpha value is -0.840. The third-order valence-electron chi connectivity index (χ3n) is 3.16. The molecule has 1 aliphatic rings. The van der Waals surface area contributed by atoms with Crippen molar-refractivity contribution in [3.05, 3.63) is 23.0 Å². The molecular weight excluding hydrogens is 238 g/mol. The van der Waals surface area contributed by atoms with Gasteiger partial charge in [0, 0.05) is 25.0 Å². The Labute approximate surface area is 107 Å². The fourth-order valence-electron chi connectivity index (χ4n) is 2.23. The number of ether oxygens (including phenoxy) is 1. The molecule has 0 spiro atoms. The van der Waals surface area contributed by atoms with Gasteiger partial charge in [-0.1, -0.05) is 11.6 Å². The maximum atomic E-state index is 5.94. The molecular formula is C12H18ClN3O. The molecule has 17 heavy (non-hydrogen) atoms. The molecule has 0 unspecified atom stereocenters. The second-order valence-electron chi connectivity index (χ2n) is 4.31. The van der Waals surface area contributed by atoms with Crippen molar-refractivity contribution in [2.45, 2.75) is 25.9 Å². The summed E-state index contributed by atoms with van der Waals surface area (Å²) in [5.41, 5.74) is 7.72. The SMILES string of the molecule is Cc1cnc(Cl)cc1N1CCC(OCN)CC1. The van der Waals surface area contributed by atoms with Crippen LogP contribution in [0.2, 0.25) is 5.15 Å². The van der Waals surface area contributed by atoms with Crippen LogP contribution in [0.3, 0.4) is 0 Å². The summed E-state index contributed by atoms with van der Waals surface area (Å²) in [4.78, 5) is 6.41. The minimum atomic E-state index is 0.300. The lowest BCUT2D eigenvalue weighted by molar-refractivity contribution is 0.0413. The van der Waals surface area contributed by atoms with Gasteiger partial charge in [0.05, 0.1) is 12.8 Å². The lowest BCUT2D eigenvalue weighted by Gasteiger charge is -2.34. The largest absolute Gasteiger partial charge is 0.371 e. The molecule has 2 rings (SSSR count). The zero-order chi connectivity index (χ0) is 12.3. The standard InChI is InChI=1S/C12H18ClN3O/c1-9-7-15-12(13)6-11(9)16-4-2-10(3-5-16)17-8-14/h6-7,10H,2-5,8,14H2,1H3. The van der Waals surface area contributed by atoms with Gasteiger partial charge in [0.2, 0.25) is 0 Å². The van der Waals surface area contributed by atoms with Crippen LogP contribution in [0.25, 0.3) is 0 Å². The maximum Gasteiger partial charge on any atom is 0.131 e. The Morgan fingerprint density at radius 2 is 2.24 bits per heavy atom. The smallest absolute Gasteiger partial charge is 0.131 e. The first-order valence-corrected chi connectivity index (χ1v) is 6.27. The predicted octanol–water partition coefficient (Wildman–Crippen LogP) is 1.95. The van der Waals surface area contributed by atoms with Crippen LogP contribution in [-0.2, 0) is 4.74 Å². The fourth-order valence-corrected chi connectivity index (χ4v) is 2.38. The average Bonchev–Trinajstić information content (AvgIpc) is 2.34. The number of rotatable bonds is 3. The number of hydrogen-bond acceptors (Lipinski definition) is 4. The number of piperidine rings is 1. The van der Waals surface area contributed by atoms with Crippen LogP contribution in [0.15, 0.2) is 12.3 Å². The van der Waals surface area contributed by atoms with E-state index >= 15 is 0 Å². The molecule has 5 heteroatoms. The molecule has 1 aromatic rings. The molecule has 0 bridgehead atoms. The van der Waals surface area contributed by atoms with E-state index in [4.69, 9.17) is 22.1 Å². The highest BCUT2D eigenvalue weighted by Crippen LogP contribution is 2.26. The molecule has 1 fully saturated rings. The first-order valence-electron chi connectivity index (χ1n) is 5.89. The van der Waals surface area contributed by atoms with E-state index in [9.17, 15) is 0 Å². The van der Waals surface area contributed by atoms with Crippen LogP contribution in [0, 0.1) is 6.92 Å². The highest BCUT2D eigenvalue weighted by atomic mass is 35.5. The van der Waals surface area contributed by atoms with Gasteiger partial charge >= 0.3 is 0 Å². The third-order valence-corrected chi connectivity index (χ3v) is 3.36. The van der Waals surface area contributed by atoms with Gasteiger partial charge in [-0.3, -0.25) is 0 Å². The number of pyridine rings is 1. The Morgan fingerprint density at radius 1 is 1.53 bits per heavy atom. The lowest BCUT2D eigenvalue weighted by Crippen LogP contribution is -2.38. The van der Waals surface area contributed by atoms with Crippen LogP contribution >= 0.6 is 11.6 Å². The number of hydrogen-bond donors (Lipinski definition) is 1. The summed E-state index contributed by atoms with van der Waals surface area (Å²) < 4.78 is 5.43. The van der Waals surface area contributed by atoms with Gasteiger partial charge < -0.3 is 15.4 Å². The van der Waals surface area contributed by atoms with Crippen LogP contribution in [0.1, 0.15) is 18.4 Å². The van der Waals surface area contributed by atoms with E-state index in [1.807, 2.05) is 12.3 Å². The van der Waals surface area contributed by atoms with E-state index < -0.39 is 0 Å². The van der Waals surface area contributed by atoms with Crippen molar-refractivity contribution in [2.75, 3.05) is 24.7 Å². The molecule has 0 amide bonds. The third kappa shape index (κ3) is 3.09. The second kappa shape index (κ2) is 5.67. The second-order valence-corrected chi connectivity index (χ2v) is 4.70. The summed E-state index contributed by atoms with van der Waals surface area (Å²) in [5.74, 6) is 0. The van der Waals surface area contributed by atoms with Gasteiger partial charge in [-0.05, 0) is 31.4 Å². The summed E-state index contributed by atoms with van der Waals surface area (Å²) in [7, 11) is 0. The number of nitrogens with zero attached hydrogens (tertiary/aromatic N) is 2. The summed E-state index contributed by atoms with van der Waals surface area (Å²) in [6.45, 7) is 4.32. The van der Waals surface area contributed by atoms with E-state index in [1.165, 1.54) is 5.69 Å². The Morgan fingerprint density at radius 3 is 2.88 bits per heavy atom. The van der Waals surface area contributed by atoms with Crippen molar-refractivity contribution in [3.8, 4) is 0 Å². The maximum absolute atomic E-state index is 5.94. The van der Waals surface area contributed by atoms with Crippen LogP contribution in [-0.4, -0.2) is 30.9 Å². The van der Waals surface area contributed by atoms with E-state index in [2.05, 4.69) is 16.8 Å². The number of anilines is 1. The van der Waals surface area contributed by atoms with E-state index in [1.54, 1.807) is 0 Å². The van der Waals surface area contributed by atoms with Gasteiger partial charge in [0.15, 0.2) is 0 Å². The van der Waals surface area contributed by atoms with Crippen molar-refractivity contribution in [1.29, 1.82) is 0 Å². The topological polar surface area (TPSA) is 51.4 Å². The highest BCUT2D eigenvalue weighted by molar-refractivity contribution is 6.29.